The van der Waals surface area contributed by atoms with E-state index in [1.165, 1.54) is 12.2 Å². The zero-order valence-electron chi connectivity index (χ0n) is 17.7. The van der Waals surface area contributed by atoms with Gasteiger partial charge in [0.25, 0.3) is 0 Å². The van der Waals surface area contributed by atoms with E-state index in [1.807, 2.05) is 0 Å². The summed E-state index contributed by atoms with van der Waals surface area (Å²) in [5.41, 5.74) is 0. The zero-order valence-corrected chi connectivity index (χ0v) is 20.7. The first kappa shape index (κ1) is 28.1. The normalized spacial score (nSPS) is 12.3. The van der Waals surface area contributed by atoms with Crippen molar-refractivity contribution in [2.75, 3.05) is 39.6 Å². The highest BCUT2D eigenvalue weighted by Gasteiger charge is 2.64. The van der Waals surface area contributed by atoms with Crippen molar-refractivity contribution < 1.29 is 44.4 Å². The molecule has 29 heavy (non-hydrogen) atoms. The molecule has 0 fully saturated rings. The topological polar surface area (TPSA) is 133 Å². The molecule has 0 unspecified atom stereocenters. The summed E-state index contributed by atoms with van der Waals surface area (Å²) in [7, 11) is -12.2. The fraction of sp³-hybridized carbons (Fsp3) is 0.857. The summed E-state index contributed by atoms with van der Waals surface area (Å²) in [6, 6.07) is 0. The van der Waals surface area contributed by atoms with E-state index < -0.39 is 27.0 Å². The SMILES string of the molecule is CCO[Si](N=C=O)(OCC)O[Si](OCC)(OCC)O[Si](N=C=O)(OCC)OCC. The third kappa shape index (κ3) is 9.18. The molecule has 0 atom stereocenters. The third-order valence-corrected chi connectivity index (χ3v) is 11.5. The van der Waals surface area contributed by atoms with Crippen molar-refractivity contribution in [1.82, 2.24) is 0 Å². The number of rotatable bonds is 18. The van der Waals surface area contributed by atoms with Crippen molar-refractivity contribution in [2.45, 2.75) is 41.5 Å². The van der Waals surface area contributed by atoms with Gasteiger partial charge in [0, 0.05) is 39.6 Å². The van der Waals surface area contributed by atoms with Gasteiger partial charge in [0.2, 0.25) is 12.2 Å². The molecule has 0 aliphatic carbocycles. The standard InChI is InChI=1S/C14H30N2O10Si3/c1-7-19-27(15-13-17,20-8-2)25-29(23-11-5,24-12-6)26-28(16-14-18,21-9-3)22-10-4/h7-12H2,1-6H3. The lowest BCUT2D eigenvalue weighted by Gasteiger charge is -2.36. The smallest absolute Gasteiger partial charge is 0.356 e. The van der Waals surface area contributed by atoms with Crippen molar-refractivity contribution in [3.05, 3.63) is 0 Å². The maximum atomic E-state index is 11.0. The van der Waals surface area contributed by atoms with E-state index in [0.717, 1.165) is 0 Å². The molecule has 0 rings (SSSR count). The lowest BCUT2D eigenvalue weighted by atomic mass is 10.9. The molecule has 0 aromatic carbocycles. The number of carbonyl (C=O) groups excluding carboxylic acids is 2. The molecule has 0 saturated heterocycles. The summed E-state index contributed by atoms with van der Waals surface area (Å²) < 4.78 is 52.7. The van der Waals surface area contributed by atoms with Crippen LogP contribution in [-0.2, 0) is 44.4 Å². The van der Waals surface area contributed by atoms with Crippen LogP contribution < -0.4 is 0 Å². The minimum atomic E-state index is -4.21. The van der Waals surface area contributed by atoms with E-state index in [1.54, 1.807) is 41.5 Å². The maximum Gasteiger partial charge on any atom is 0.667 e. The Morgan fingerprint density at radius 1 is 0.552 bits per heavy atom. The Hall–Kier alpha value is -0.909. The first-order chi connectivity index (χ1) is 13.9. The van der Waals surface area contributed by atoms with Crippen LogP contribution in [0.2, 0.25) is 0 Å². The van der Waals surface area contributed by atoms with Crippen LogP contribution in [0.1, 0.15) is 41.5 Å². The van der Waals surface area contributed by atoms with Gasteiger partial charge < -0.3 is 34.8 Å². The van der Waals surface area contributed by atoms with E-state index in [2.05, 4.69) is 9.32 Å². The molecule has 15 heteroatoms. The summed E-state index contributed by atoms with van der Waals surface area (Å²) in [4.78, 5) is 22.1. The number of isocyanates is 2. The molecule has 0 N–H and O–H groups in total. The fourth-order valence-corrected chi connectivity index (χ4v) is 10.3. The second kappa shape index (κ2) is 15.0. The highest BCUT2D eigenvalue weighted by Crippen LogP contribution is 2.27. The summed E-state index contributed by atoms with van der Waals surface area (Å²) in [5, 5.41) is 0. The second-order valence-electron chi connectivity index (χ2n) is 4.76. The fourth-order valence-electron chi connectivity index (χ4n) is 2.07. The maximum absolute atomic E-state index is 11.0. The molecular weight excluding hydrogens is 440 g/mol. The van der Waals surface area contributed by atoms with E-state index in [0.29, 0.717) is 0 Å². The van der Waals surface area contributed by atoms with E-state index in [4.69, 9.17) is 34.8 Å². The van der Waals surface area contributed by atoms with Gasteiger partial charge in [-0.15, -0.1) is 0 Å². The monoisotopic (exact) mass is 470 g/mol. The third-order valence-electron chi connectivity index (χ3n) is 2.82. The Labute approximate surface area is 174 Å². The Balaban J connectivity index is 6.38. The van der Waals surface area contributed by atoms with Crippen LogP contribution in [0.15, 0.2) is 9.32 Å². The molecule has 0 heterocycles. The van der Waals surface area contributed by atoms with Crippen molar-refractivity contribution in [3.63, 3.8) is 0 Å². The number of hydrogen-bond donors (Lipinski definition) is 0. The van der Waals surface area contributed by atoms with Gasteiger partial charge in [0.15, 0.2) is 0 Å². The first-order valence-corrected chi connectivity index (χ1v) is 14.3. The van der Waals surface area contributed by atoms with Crippen molar-refractivity contribution in [3.8, 4) is 0 Å². The molecule has 0 amide bonds. The van der Waals surface area contributed by atoms with Gasteiger partial charge in [0.05, 0.1) is 0 Å². The molecule has 0 aliphatic rings. The number of nitrogens with zero attached hydrogens (tertiary/aromatic N) is 2. The van der Waals surface area contributed by atoms with Crippen LogP contribution in [0.5, 0.6) is 0 Å². The van der Waals surface area contributed by atoms with Crippen LogP contribution >= 0.6 is 0 Å². The Kier molecular flexibility index (Phi) is 14.5. The molecule has 0 bridgehead atoms. The zero-order chi connectivity index (χ0) is 22.2. The van der Waals surface area contributed by atoms with Crippen LogP contribution in [0.25, 0.3) is 0 Å². The van der Waals surface area contributed by atoms with Crippen LogP contribution in [0.4, 0.5) is 0 Å². The lowest BCUT2D eigenvalue weighted by Crippen LogP contribution is -2.65. The molecule has 0 aromatic heterocycles. The van der Waals surface area contributed by atoms with Crippen LogP contribution in [0, 0.1) is 0 Å². The van der Waals surface area contributed by atoms with Gasteiger partial charge in [0.1, 0.15) is 0 Å². The van der Waals surface area contributed by atoms with Gasteiger partial charge in [-0.1, -0.05) is 0 Å². The van der Waals surface area contributed by atoms with E-state index in [9.17, 15) is 9.59 Å². The quantitative estimate of drug-likeness (QED) is 0.163. The molecule has 0 aliphatic heterocycles. The van der Waals surface area contributed by atoms with Gasteiger partial charge >= 0.3 is 27.0 Å². The summed E-state index contributed by atoms with van der Waals surface area (Å²) in [6.07, 6.45) is 2.81. The highest BCUT2D eigenvalue weighted by atomic mass is 28.5. The molecule has 0 radical (unpaired) electrons. The molecule has 12 nitrogen and oxygen atoms in total. The van der Waals surface area contributed by atoms with Crippen LogP contribution in [0.3, 0.4) is 0 Å². The summed E-state index contributed by atoms with van der Waals surface area (Å²) >= 11 is 0. The van der Waals surface area contributed by atoms with Gasteiger partial charge in [-0.05, 0) is 41.5 Å². The average Bonchev–Trinajstić information content (AvgIpc) is 2.63. The Morgan fingerprint density at radius 3 is 1.03 bits per heavy atom. The minimum absolute atomic E-state index is 0.0906. The minimum Gasteiger partial charge on any atom is -0.356 e. The summed E-state index contributed by atoms with van der Waals surface area (Å²) in [5.74, 6) is 0. The van der Waals surface area contributed by atoms with Gasteiger partial charge in [-0.2, -0.15) is 9.32 Å². The largest absolute Gasteiger partial charge is 0.667 e. The van der Waals surface area contributed by atoms with Gasteiger partial charge in [-0.3, -0.25) is 0 Å². The van der Waals surface area contributed by atoms with E-state index >= 15 is 0 Å². The van der Waals surface area contributed by atoms with Gasteiger partial charge in [-0.25, -0.2) is 9.59 Å². The van der Waals surface area contributed by atoms with Crippen LogP contribution in [-0.4, -0.2) is 78.8 Å². The number of hydrogen-bond acceptors (Lipinski definition) is 12. The molecular formula is C14H30N2O10Si3. The molecule has 0 saturated carbocycles. The molecule has 0 spiro atoms. The first-order valence-electron chi connectivity index (χ1n) is 9.32. The van der Waals surface area contributed by atoms with Crippen molar-refractivity contribution >= 4 is 39.1 Å². The predicted molar refractivity (Wildman–Crippen MR) is 105 cm³/mol. The second-order valence-corrected chi connectivity index (χ2v) is 11.7. The van der Waals surface area contributed by atoms with Crippen molar-refractivity contribution in [2.24, 2.45) is 9.32 Å². The lowest BCUT2D eigenvalue weighted by molar-refractivity contribution is -0.0194. The predicted octanol–water partition coefficient (Wildman–Crippen LogP) is 1.22. The Bertz CT molecular complexity index is 498. The van der Waals surface area contributed by atoms with E-state index in [-0.39, 0.29) is 39.6 Å². The molecule has 0 aromatic rings. The summed E-state index contributed by atoms with van der Waals surface area (Å²) in [6.45, 7) is 10.7. The molecule has 168 valence electrons. The Morgan fingerprint density at radius 2 is 0.828 bits per heavy atom. The van der Waals surface area contributed by atoms with Crippen molar-refractivity contribution in [1.29, 1.82) is 0 Å². The average molecular weight is 471 g/mol. The highest BCUT2D eigenvalue weighted by molar-refractivity contribution is 6.77.